The fourth-order valence-electron chi connectivity index (χ4n) is 2.70. The lowest BCUT2D eigenvalue weighted by Crippen LogP contribution is -2.28. The van der Waals surface area contributed by atoms with Crippen molar-refractivity contribution in [3.05, 3.63) is 34.3 Å². The summed E-state index contributed by atoms with van der Waals surface area (Å²) in [6.07, 6.45) is 9.78. The molecule has 4 heteroatoms. The predicted octanol–water partition coefficient (Wildman–Crippen LogP) is 4.17. The van der Waals surface area contributed by atoms with Crippen molar-refractivity contribution in [3.63, 3.8) is 0 Å². The Labute approximate surface area is 134 Å². The standard InChI is InChI=1S/C17H22BrNO2/c1-21-16-9-8-15(18)11-14(16)7-10-17(20)19-12-13-5-3-2-4-6-13/h7-11,13H,2-6,12H2,1H3,(H,19,20)/b10-7+. The fraction of sp³-hybridized carbons (Fsp3) is 0.471. The molecule has 3 nitrogen and oxygen atoms in total. The van der Waals surface area contributed by atoms with Crippen LogP contribution in [0.5, 0.6) is 5.75 Å². The molecule has 1 saturated carbocycles. The van der Waals surface area contributed by atoms with E-state index in [0.717, 1.165) is 22.3 Å². The van der Waals surface area contributed by atoms with Gasteiger partial charge in [-0.05, 0) is 43.0 Å². The van der Waals surface area contributed by atoms with Gasteiger partial charge >= 0.3 is 0 Å². The van der Waals surface area contributed by atoms with Crippen molar-refractivity contribution in [2.45, 2.75) is 32.1 Å². The van der Waals surface area contributed by atoms with Crippen molar-refractivity contribution in [3.8, 4) is 5.75 Å². The summed E-state index contributed by atoms with van der Waals surface area (Å²) in [4.78, 5) is 11.9. The van der Waals surface area contributed by atoms with E-state index in [1.54, 1.807) is 19.3 Å². The third-order valence-electron chi connectivity index (χ3n) is 3.90. The van der Waals surface area contributed by atoms with E-state index in [1.165, 1.54) is 32.1 Å². The van der Waals surface area contributed by atoms with Gasteiger partial charge < -0.3 is 10.1 Å². The topological polar surface area (TPSA) is 38.3 Å². The second kappa shape index (κ2) is 8.23. The first kappa shape index (κ1) is 16.1. The van der Waals surface area contributed by atoms with Gasteiger partial charge in [0.1, 0.15) is 5.75 Å². The van der Waals surface area contributed by atoms with Crippen LogP contribution in [-0.4, -0.2) is 19.6 Å². The van der Waals surface area contributed by atoms with Crippen LogP contribution in [0.4, 0.5) is 0 Å². The minimum Gasteiger partial charge on any atom is -0.496 e. The van der Waals surface area contributed by atoms with Gasteiger partial charge in [-0.2, -0.15) is 0 Å². The lowest BCUT2D eigenvalue weighted by Gasteiger charge is -2.21. The molecule has 0 aliphatic heterocycles. The lowest BCUT2D eigenvalue weighted by molar-refractivity contribution is -0.116. The maximum absolute atomic E-state index is 11.9. The summed E-state index contributed by atoms with van der Waals surface area (Å²) in [6, 6.07) is 5.73. The van der Waals surface area contributed by atoms with Crippen molar-refractivity contribution in [1.82, 2.24) is 5.32 Å². The van der Waals surface area contributed by atoms with Crippen molar-refractivity contribution >= 4 is 27.9 Å². The van der Waals surface area contributed by atoms with Crippen molar-refractivity contribution < 1.29 is 9.53 Å². The summed E-state index contributed by atoms with van der Waals surface area (Å²) in [7, 11) is 1.63. The SMILES string of the molecule is COc1ccc(Br)cc1/C=C/C(=O)NCC1CCCCC1. The molecule has 1 N–H and O–H groups in total. The van der Waals surface area contributed by atoms with E-state index in [1.807, 2.05) is 18.2 Å². The zero-order valence-corrected chi connectivity index (χ0v) is 14.0. The second-order valence-corrected chi connectivity index (χ2v) is 6.38. The highest BCUT2D eigenvalue weighted by atomic mass is 79.9. The Morgan fingerprint density at radius 1 is 1.38 bits per heavy atom. The van der Waals surface area contributed by atoms with Crippen molar-refractivity contribution in [2.24, 2.45) is 5.92 Å². The average molecular weight is 352 g/mol. The number of ether oxygens (including phenoxy) is 1. The molecule has 0 aromatic heterocycles. The first-order valence-corrected chi connectivity index (χ1v) is 8.28. The third kappa shape index (κ3) is 5.20. The third-order valence-corrected chi connectivity index (χ3v) is 4.39. The van der Waals surface area contributed by atoms with Crippen LogP contribution in [0.3, 0.4) is 0 Å². The van der Waals surface area contributed by atoms with E-state index in [-0.39, 0.29) is 5.91 Å². The van der Waals surface area contributed by atoms with E-state index in [9.17, 15) is 4.79 Å². The summed E-state index contributed by atoms with van der Waals surface area (Å²) < 4.78 is 6.25. The number of halogens is 1. The summed E-state index contributed by atoms with van der Waals surface area (Å²) in [5.41, 5.74) is 0.889. The van der Waals surface area contributed by atoms with E-state index in [0.29, 0.717) is 5.92 Å². The van der Waals surface area contributed by atoms with Crippen LogP contribution in [0.25, 0.3) is 6.08 Å². The van der Waals surface area contributed by atoms with Crippen LogP contribution in [0.1, 0.15) is 37.7 Å². The molecule has 0 heterocycles. The molecule has 0 radical (unpaired) electrons. The average Bonchev–Trinajstić information content (AvgIpc) is 2.52. The monoisotopic (exact) mass is 351 g/mol. The summed E-state index contributed by atoms with van der Waals surface area (Å²) in [5, 5.41) is 3.00. The highest BCUT2D eigenvalue weighted by molar-refractivity contribution is 9.10. The summed E-state index contributed by atoms with van der Waals surface area (Å²) in [5.74, 6) is 1.37. The molecule has 0 saturated heterocycles. The Bertz CT molecular complexity index is 508. The first-order chi connectivity index (χ1) is 10.2. The van der Waals surface area contributed by atoms with Crippen molar-refractivity contribution in [1.29, 1.82) is 0 Å². The normalized spacial score (nSPS) is 16.1. The highest BCUT2D eigenvalue weighted by Crippen LogP contribution is 2.24. The van der Waals surface area contributed by atoms with Crippen LogP contribution in [-0.2, 0) is 4.79 Å². The molecule has 2 rings (SSSR count). The smallest absolute Gasteiger partial charge is 0.244 e. The molecule has 21 heavy (non-hydrogen) atoms. The lowest BCUT2D eigenvalue weighted by atomic mass is 9.89. The number of amides is 1. The van der Waals surface area contributed by atoms with Gasteiger partial charge in [0.15, 0.2) is 0 Å². The highest BCUT2D eigenvalue weighted by Gasteiger charge is 2.13. The Morgan fingerprint density at radius 2 is 2.14 bits per heavy atom. The van der Waals surface area contributed by atoms with E-state index < -0.39 is 0 Å². The van der Waals surface area contributed by atoms with Gasteiger partial charge in [-0.15, -0.1) is 0 Å². The van der Waals surface area contributed by atoms with E-state index >= 15 is 0 Å². The molecule has 0 unspecified atom stereocenters. The number of hydrogen-bond acceptors (Lipinski definition) is 2. The molecule has 1 aromatic carbocycles. The quantitative estimate of drug-likeness (QED) is 0.808. The van der Waals surface area contributed by atoms with Gasteiger partial charge in [0, 0.05) is 22.7 Å². The van der Waals surface area contributed by atoms with Crippen molar-refractivity contribution in [2.75, 3.05) is 13.7 Å². The van der Waals surface area contributed by atoms with Crippen LogP contribution >= 0.6 is 15.9 Å². The van der Waals surface area contributed by atoms with Crippen LogP contribution in [0, 0.1) is 5.92 Å². The Hall–Kier alpha value is -1.29. The minimum atomic E-state index is -0.0393. The zero-order valence-electron chi connectivity index (χ0n) is 12.4. The molecule has 1 fully saturated rings. The number of hydrogen-bond donors (Lipinski definition) is 1. The van der Waals surface area contributed by atoms with Gasteiger partial charge in [0.05, 0.1) is 7.11 Å². The van der Waals surface area contributed by atoms with Gasteiger partial charge in [0.2, 0.25) is 5.91 Å². The van der Waals surface area contributed by atoms with Gasteiger partial charge in [-0.25, -0.2) is 0 Å². The Morgan fingerprint density at radius 3 is 2.86 bits per heavy atom. The molecular weight excluding hydrogens is 330 g/mol. The first-order valence-electron chi connectivity index (χ1n) is 7.48. The molecule has 1 amide bonds. The maximum atomic E-state index is 11.9. The number of benzene rings is 1. The fourth-order valence-corrected chi connectivity index (χ4v) is 3.07. The summed E-state index contributed by atoms with van der Waals surface area (Å²) >= 11 is 3.43. The largest absolute Gasteiger partial charge is 0.496 e. The molecule has 1 aromatic rings. The van der Waals surface area contributed by atoms with Gasteiger partial charge in [-0.3, -0.25) is 4.79 Å². The Balaban J connectivity index is 1.88. The maximum Gasteiger partial charge on any atom is 0.244 e. The molecule has 0 atom stereocenters. The minimum absolute atomic E-state index is 0.0393. The Kier molecular flexibility index (Phi) is 6.30. The van der Waals surface area contributed by atoms with Crippen LogP contribution in [0.15, 0.2) is 28.7 Å². The van der Waals surface area contributed by atoms with Crippen LogP contribution < -0.4 is 10.1 Å². The number of rotatable bonds is 5. The number of methoxy groups -OCH3 is 1. The number of carbonyl (C=O) groups is 1. The molecule has 0 spiro atoms. The molecular formula is C17H22BrNO2. The molecule has 0 bridgehead atoms. The van der Waals surface area contributed by atoms with Gasteiger partial charge in [0.25, 0.3) is 0 Å². The van der Waals surface area contributed by atoms with Crippen LogP contribution in [0.2, 0.25) is 0 Å². The second-order valence-electron chi connectivity index (χ2n) is 5.47. The zero-order chi connectivity index (χ0) is 15.1. The molecule has 114 valence electrons. The molecule has 1 aliphatic carbocycles. The predicted molar refractivity (Wildman–Crippen MR) is 89.3 cm³/mol. The summed E-state index contributed by atoms with van der Waals surface area (Å²) in [6.45, 7) is 0.790. The van der Waals surface area contributed by atoms with Gasteiger partial charge in [-0.1, -0.05) is 35.2 Å². The van der Waals surface area contributed by atoms with E-state index in [4.69, 9.17) is 4.74 Å². The molecule has 1 aliphatic rings. The number of carbonyl (C=O) groups excluding carboxylic acids is 1. The number of nitrogens with one attached hydrogen (secondary N) is 1. The van der Waals surface area contributed by atoms with E-state index in [2.05, 4.69) is 21.2 Å².